The lowest BCUT2D eigenvalue weighted by Crippen LogP contribution is -2.49. The number of benzene rings is 2. The minimum atomic E-state index is -4.90. The predicted octanol–water partition coefficient (Wildman–Crippen LogP) is 4.22. The molecular weight excluding hydrogens is 465 g/mol. The van der Waals surface area contributed by atoms with E-state index in [4.69, 9.17) is 9.84 Å². The fourth-order valence-electron chi connectivity index (χ4n) is 4.50. The van der Waals surface area contributed by atoms with Crippen LogP contribution in [0.25, 0.3) is 11.1 Å². The van der Waals surface area contributed by atoms with Crippen LogP contribution in [0.5, 0.6) is 0 Å². The smallest absolute Gasteiger partial charge is 0.409 e. The van der Waals surface area contributed by atoms with Gasteiger partial charge in [-0.1, -0.05) is 48.5 Å². The molecule has 0 saturated heterocycles. The third-order valence-corrected chi connectivity index (χ3v) is 6.35. The summed E-state index contributed by atoms with van der Waals surface area (Å²) in [6.07, 6.45) is -6.21. The zero-order valence-corrected chi connectivity index (χ0v) is 18.7. The van der Waals surface area contributed by atoms with Crippen LogP contribution in [0.4, 0.5) is 18.0 Å². The minimum Gasteiger partial charge on any atom is -0.481 e. The zero-order chi connectivity index (χ0) is 25.2. The van der Waals surface area contributed by atoms with Gasteiger partial charge in [0.25, 0.3) is 0 Å². The molecule has 186 valence electrons. The molecule has 2 aliphatic carbocycles. The second kappa shape index (κ2) is 9.97. The Morgan fingerprint density at radius 3 is 2.03 bits per heavy atom. The monoisotopic (exact) mass is 490 g/mol. The highest BCUT2D eigenvalue weighted by molar-refractivity contribution is 5.80. The van der Waals surface area contributed by atoms with E-state index in [1.54, 1.807) is 5.32 Å². The van der Waals surface area contributed by atoms with E-state index in [1.165, 1.54) is 0 Å². The van der Waals surface area contributed by atoms with Crippen LogP contribution < -0.4 is 10.6 Å². The van der Waals surface area contributed by atoms with Gasteiger partial charge in [0.15, 0.2) is 0 Å². The molecule has 2 amide bonds. The van der Waals surface area contributed by atoms with Gasteiger partial charge in [-0.05, 0) is 41.0 Å². The molecule has 2 atom stereocenters. The Morgan fingerprint density at radius 2 is 1.51 bits per heavy atom. The molecule has 2 aromatic rings. The van der Waals surface area contributed by atoms with E-state index < -0.39 is 42.7 Å². The summed E-state index contributed by atoms with van der Waals surface area (Å²) in [4.78, 5) is 35.5. The van der Waals surface area contributed by atoms with E-state index in [-0.39, 0.29) is 24.9 Å². The summed E-state index contributed by atoms with van der Waals surface area (Å²) in [5.41, 5.74) is 3.79. The molecule has 1 fully saturated rings. The SMILES string of the molecule is O=C(O)CC(NC(=O)CC(NC(=O)OCC1c2ccccc2-c2ccccc21)C(F)(F)F)C1CC1. The summed E-state index contributed by atoms with van der Waals surface area (Å²) in [5, 5.41) is 13.1. The van der Waals surface area contributed by atoms with E-state index in [0.717, 1.165) is 22.3 Å². The molecule has 0 aliphatic heterocycles. The number of rotatable bonds is 9. The van der Waals surface area contributed by atoms with E-state index in [0.29, 0.717) is 12.8 Å². The van der Waals surface area contributed by atoms with Crippen LogP contribution in [-0.4, -0.2) is 47.9 Å². The van der Waals surface area contributed by atoms with Crippen molar-refractivity contribution in [2.75, 3.05) is 6.61 Å². The molecular formula is C25H25F3N2O5. The first kappa shape index (κ1) is 24.6. The average molecular weight is 490 g/mol. The first-order chi connectivity index (χ1) is 16.6. The normalized spacial score (nSPS) is 16.5. The fraction of sp³-hybridized carbons (Fsp3) is 0.400. The van der Waals surface area contributed by atoms with Gasteiger partial charge in [0.1, 0.15) is 12.6 Å². The third kappa shape index (κ3) is 5.93. The number of aliphatic carboxylic acids is 1. The van der Waals surface area contributed by atoms with E-state index in [9.17, 15) is 27.6 Å². The minimum absolute atomic E-state index is 0.0607. The second-order valence-electron chi connectivity index (χ2n) is 8.88. The number of alkyl carbamates (subject to hydrolysis) is 1. The van der Waals surface area contributed by atoms with Gasteiger partial charge in [0, 0.05) is 12.0 Å². The number of carboxylic acid groups (broad SMARTS) is 1. The van der Waals surface area contributed by atoms with Crippen LogP contribution in [0.1, 0.15) is 42.7 Å². The van der Waals surface area contributed by atoms with E-state index in [2.05, 4.69) is 5.32 Å². The lowest BCUT2D eigenvalue weighted by atomic mass is 9.98. The summed E-state index contributed by atoms with van der Waals surface area (Å²) >= 11 is 0. The summed E-state index contributed by atoms with van der Waals surface area (Å²) in [5.74, 6) is -2.51. The van der Waals surface area contributed by atoms with Gasteiger partial charge in [-0.2, -0.15) is 13.2 Å². The van der Waals surface area contributed by atoms with Gasteiger partial charge >= 0.3 is 18.2 Å². The molecule has 0 radical (unpaired) electrons. The molecule has 35 heavy (non-hydrogen) atoms. The highest BCUT2D eigenvalue weighted by Gasteiger charge is 2.43. The molecule has 0 aromatic heterocycles. The van der Waals surface area contributed by atoms with Crippen LogP contribution in [0.3, 0.4) is 0 Å². The van der Waals surface area contributed by atoms with Gasteiger partial charge in [-0.25, -0.2) is 4.79 Å². The van der Waals surface area contributed by atoms with Crippen LogP contribution in [0.15, 0.2) is 48.5 Å². The number of carbonyl (C=O) groups excluding carboxylic acids is 2. The summed E-state index contributed by atoms with van der Waals surface area (Å²) in [7, 11) is 0. The third-order valence-electron chi connectivity index (χ3n) is 6.35. The average Bonchev–Trinajstić information content (AvgIpc) is 3.59. The molecule has 2 aromatic carbocycles. The number of carbonyl (C=O) groups is 3. The Morgan fingerprint density at radius 1 is 0.943 bits per heavy atom. The van der Waals surface area contributed by atoms with E-state index >= 15 is 0 Å². The Balaban J connectivity index is 1.37. The summed E-state index contributed by atoms with van der Waals surface area (Å²) in [6.45, 7) is -0.168. The first-order valence-electron chi connectivity index (χ1n) is 11.3. The molecule has 10 heteroatoms. The zero-order valence-electron chi connectivity index (χ0n) is 18.7. The number of hydrogen-bond donors (Lipinski definition) is 3. The van der Waals surface area contributed by atoms with Crippen molar-refractivity contribution < 1.29 is 37.4 Å². The van der Waals surface area contributed by atoms with Crippen molar-refractivity contribution >= 4 is 18.0 Å². The number of ether oxygens (including phenoxy) is 1. The molecule has 1 saturated carbocycles. The van der Waals surface area contributed by atoms with Crippen LogP contribution in [-0.2, 0) is 14.3 Å². The maximum absolute atomic E-state index is 13.6. The number of fused-ring (bicyclic) bond motifs is 3. The van der Waals surface area contributed by atoms with Crippen LogP contribution >= 0.6 is 0 Å². The van der Waals surface area contributed by atoms with Gasteiger partial charge in [-0.3, -0.25) is 9.59 Å². The Bertz CT molecular complexity index is 1070. The van der Waals surface area contributed by atoms with Gasteiger partial charge in [-0.15, -0.1) is 0 Å². The molecule has 0 bridgehead atoms. The van der Waals surface area contributed by atoms with Crippen molar-refractivity contribution in [3.8, 4) is 11.1 Å². The molecule has 4 rings (SSSR count). The van der Waals surface area contributed by atoms with Crippen LogP contribution in [0, 0.1) is 5.92 Å². The highest BCUT2D eigenvalue weighted by atomic mass is 19.4. The number of amides is 2. The maximum atomic E-state index is 13.6. The Kier molecular flexibility index (Phi) is 7.00. The van der Waals surface area contributed by atoms with Crippen molar-refractivity contribution in [2.45, 2.75) is 49.9 Å². The summed E-state index contributed by atoms with van der Waals surface area (Å²) < 4.78 is 45.8. The Labute approximate surface area is 199 Å². The largest absolute Gasteiger partial charge is 0.481 e. The quantitative estimate of drug-likeness (QED) is 0.488. The van der Waals surface area contributed by atoms with E-state index in [1.807, 2.05) is 48.5 Å². The van der Waals surface area contributed by atoms with Gasteiger partial charge < -0.3 is 20.5 Å². The van der Waals surface area contributed by atoms with Crippen molar-refractivity contribution in [3.63, 3.8) is 0 Å². The molecule has 3 N–H and O–H groups in total. The van der Waals surface area contributed by atoms with Crippen molar-refractivity contribution in [2.24, 2.45) is 5.92 Å². The second-order valence-corrected chi connectivity index (χ2v) is 8.88. The predicted molar refractivity (Wildman–Crippen MR) is 120 cm³/mol. The Hall–Kier alpha value is -3.56. The topological polar surface area (TPSA) is 105 Å². The van der Waals surface area contributed by atoms with Crippen LogP contribution in [0.2, 0.25) is 0 Å². The highest BCUT2D eigenvalue weighted by Crippen LogP contribution is 2.44. The molecule has 0 spiro atoms. The fourth-order valence-corrected chi connectivity index (χ4v) is 4.50. The van der Waals surface area contributed by atoms with Crippen molar-refractivity contribution in [3.05, 3.63) is 59.7 Å². The number of carboxylic acids is 1. The number of alkyl halides is 3. The molecule has 7 nitrogen and oxygen atoms in total. The lowest BCUT2D eigenvalue weighted by Gasteiger charge is -2.23. The standard InChI is InChI=1S/C25H25F3N2O5/c26-25(27,28)21(12-22(31)29-20(11-23(32)33)14-9-10-14)30-24(34)35-13-19-17-7-3-1-5-15(17)16-6-2-4-8-18(16)19/h1-8,14,19-21H,9-13H2,(H,29,31)(H,30,34)(H,32,33). The molecule has 0 heterocycles. The molecule has 2 aliphatic rings. The lowest BCUT2D eigenvalue weighted by molar-refractivity contribution is -0.160. The number of nitrogens with one attached hydrogen (secondary N) is 2. The molecule has 2 unspecified atom stereocenters. The summed E-state index contributed by atoms with van der Waals surface area (Å²) in [6, 6.07) is 11.9. The van der Waals surface area contributed by atoms with Gasteiger partial charge in [0.05, 0.1) is 12.8 Å². The maximum Gasteiger partial charge on any atom is 0.409 e. The van der Waals surface area contributed by atoms with Gasteiger partial charge in [0.2, 0.25) is 5.91 Å². The first-order valence-corrected chi connectivity index (χ1v) is 11.3. The number of hydrogen-bond acceptors (Lipinski definition) is 4. The van der Waals surface area contributed by atoms with Crippen molar-refractivity contribution in [1.29, 1.82) is 0 Å². The van der Waals surface area contributed by atoms with Crippen molar-refractivity contribution in [1.82, 2.24) is 10.6 Å². The number of halogens is 3.